The zero-order valence-electron chi connectivity index (χ0n) is 10.0. The summed E-state index contributed by atoms with van der Waals surface area (Å²) < 4.78 is 0. The van der Waals surface area contributed by atoms with Gasteiger partial charge in [0.25, 0.3) is 0 Å². The molecule has 4 nitrogen and oxygen atoms in total. The Morgan fingerprint density at radius 2 is 2.24 bits per heavy atom. The number of hydrogen-bond acceptors (Lipinski definition) is 4. The second-order valence-electron chi connectivity index (χ2n) is 4.11. The molecule has 0 spiro atoms. The molecule has 1 aromatic heterocycles. The Morgan fingerprint density at radius 1 is 1.53 bits per heavy atom. The van der Waals surface area contributed by atoms with E-state index in [1.54, 1.807) is 11.3 Å². The molecule has 1 atom stereocenters. The van der Waals surface area contributed by atoms with Crippen LogP contribution in [0.4, 0.5) is 0 Å². The maximum atomic E-state index is 11.5. The molecule has 1 amide bonds. The number of rotatable bonds is 3. The molecule has 92 valence electrons. The van der Waals surface area contributed by atoms with Crippen LogP contribution < -0.4 is 0 Å². The molecule has 0 bridgehead atoms. The van der Waals surface area contributed by atoms with Crippen LogP contribution in [-0.2, 0) is 4.79 Å². The van der Waals surface area contributed by atoms with Gasteiger partial charge in [0, 0.05) is 37.8 Å². The number of hydrogen-bond donors (Lipinski definition) is 0. The summed E-state index contributed by atoms with van der Waals surface area (Å²) in [6.45, 7) is 9.05. The summed E-state index contributed by atoms with van der Waals surface area (Å²) in [5, 5.41) is 3.15. The molecule has 17 heavy (non-hydrogen) atoms. The predicted molar refractivity (Wildman–Crippen MR) is 68.9 cm³/mol. The van der Waals surface area contributed by atoms with E-state index < -0.39 is 0 Å². The molecule has 1 aliphatic heterocycles. The van der Waals surface area contributed by atoms with E-state index in [0.29, 0.717) is 6.04 Å². The largest absolute Gasteiger partial charge is 0.337 e. The van der Waals surface area contributed by atoms with Crippen LogP contribution in [0.5, 0.6) is 0 Å². The zero-order chi connectivity index (χ0) is 12.3. The first-order valence-corrected chi connectivity index (χ1v) is 6.65. The van der Waals surface area contributed by atoms with E-state index in [-0.39, 0.29) is 5.91 Å². The molecule has 1 aromatic rings. The number of aromatic nitrogens is 1. The number of piperazine rings is 1. The highest BCUT2D eigenvalue weighted by Gasteiger charge is 2.24. The Bertz CT molecular complexity index is 382. The third-order valence-electron chi connectivity index (χ3n) is 3.16. The normalized spacial score (nSPS) is 19.0. The lowest BCUT2D eigenvalue weighted by Gasteiger charge is -2.36. The van der Waals surface area contributed by atoms with Crippen molar-refractivity contribution in [3.63, 3.8) is 0 Å². The van der Waals surface area contributed by atoms with Crippen LogP contribution in [0.3, 0.4) is 0 Å². The van der Waals surface area contributed by atoms with Crippen molar-refractivity contribution in [1.29, 1.82) is 0 Å². The lowest BCUT2D eigenvalue weighted by Crippen LogP contribution is -2.48. The molecule has 0 radical (unpaired) electrons. The van der Waals surface area contributed by atoms with Gasteiger partial charge in [-0.3, -0.25) is 9.69 Å². The van der Waals surface area contributed by atoms with Gasteiger partial charge in [-0.15, -0.1) is 11.3 Å². The maximum Gasteiger partial charge on any atom is 0.246 e. The van der Waals surface area contributed by atoms with E-state index in [4.69, 9.17) is 0 Å². The summed E-state index contributed by atoms with van der Waals surface area (Å²) in [5.41, 5.74) is 0. The van der Waals surface area contributed by atoms with Crippen LogP contribution in [0.2, 0.25) is 0 Å². The van der Waals surface area contributed by atoms with Crippen molar-refractivity contribution in [1.82, 2.24) is 14.8 Å². The summed E-state index contributed by atoms with van der Waals surface area (Å²) in [6.07, 6.45) is 3.23. The van der Waals surface area contributed by atoms with Gasteiger partial charge in [-0.2, -0.15) is 0 Å². The lowest BCUT2D eigenvalue weighted by molar-refractivity contribution is -0.128. The third-order valence-corrected chi connectivity index (χ3v) is 4.10. The first kappa shape index (κ1) is 12.3. The highest BCUT2D eigenvalue weighted by molar-refractivity contribution is 7.09. The Balaban J connectivity index is 1.91. The minimum atomic E-state index is 0.0338. The van der Waals surface area contributed by atoms with Crippen LogP contribution in [0, 0.1) is 0 Å². The molecule has 5 heteroatoms. The second kappa shape index (κ2) is 5.42. The SMILES string of the molecule is C=CC(=O)N1CCN(C(C)c2nccs2)CC1. The van der Waals surface area contributed by atoms with Gasteiger partial charge >= 0.3 is 0 Å². The monoisotopic (exact) mass is 251 g/mol. The molecular formula is C12H17N3OS. The van der Waals surface area contributed by atoms with E-state index in [9.17, 15) is 4.79 Å². The molecular weight excluding hydrogens is 234 g/mol. The topological polar surface area (TPSA) is 36.4 Å². The zero-order valence-corrected chi connectivity index (χ0v) is 10.8. The fraction of sp³-hybridized carbons (Fsp3) is 0.500. The summed E-state index contributed by atoms with van der Waals surface area (Å²) >= 11 is 1.69. The average Bonchev–Trinajstić information content (AvgIpc) is 2.91. The Kier molecular flexibility index (Phi) is 3.91. The van der Waals surface area contributed by atoms with Crippen molar-refractivity contribution < 1.29 is 4.79 Å². The molecule has 0 aromatic carbocycles. The molecule has 0 saturated carbocycles. The standard InChI is InChI=1S/C12H17N3OS/c1-3-11(16)15-7-5-14(6-8-15)10(2)12-13-4-9-17-12/h3-4,9-10H,1,5-8H2,2H3. The smallest absolute Gasteiger partial charge is 0.246 e. The van der Waals surface area contributed by atoms with Gasteiger partial charge < -0.3 is 4.90 Å². The van der Waals surface area contributed by atoms with Gasteiger partial charge in [-0.1, -0.05) is 6.58 Å². The highest BCUT2D eigenvalue weighted by Crippen LogP contribution is 2.23. The van der Waals surface area contributed by atoms with Crippen molar-refractivity contribution in [2.24, 2.45) is 0 Å². The first-order chi connectivity index (χ1) is 8.22. The number of thiazole rings is 1. The van der Waals surface area contributed by atoms with Gasteiger partial charge in [-0.05, 0) is 13.0 Å². The van der Waals surface area contributed by atoms with Crippen LogP contribution in [0.1, 0.15) is 18.0 Å². The van der Waals surface area contributed by atoms with Gasteiger partial charge in [-0.25, -0.2) is 4.98 Å². The van der Waals surface area contributed by atoms with E-state index in [1.807, 2.05) is 16.5 Å². The number of carbonyl (C=O) groups is 1. The molecule has 0 N–H and O–H groups in total. The Morgan fingerprint density at radius 3 is 2.76 bits per heavy atom. The van der Waals surface area contributed by atoms with E-state index in [2.05, 4.69) is 23.4 Å². The number of carbonyl (C=O) groups excluding carboxylic acids is 1. The van der Waals surface area contributed by atoms with Crippen molar-refractivity contribution in [3.8, 4) is 0 Å². The van der Waals surface area contributed by atoms with Crippen molar-refractivity contribution in [2.45, 2.75) is 13.0 Å². The van der Waals surface area contributed by atoms with E-state index >= 15 is 0 Å². The van der Waals surface area contributed by atoms with Crippen LogP contribution in [0.25, 0.3) is 0 Å². The van der Waals surface area contributed by atoms with Crippen LogP contribution >= 0.6 is 11.3 Å². The van der Waals surface area contributed by atoms with Gasteiger partial charge in [0.15, 0.2) is 0 Å². The third kappa shape index (κ3) is 2.73. The first-order valence-electron chi connectivity index (χ1n) is 5.77. The van der Waals surface area contributed by atoms with Gasteiger partial charge in [0.2, 0.25) is 5.91 Å². The molecule has 1 fully saturated rings. The summed E-state index contributed by atoms with van der Waals surface area (Å²) in [4.78, 5) is 20.0. The Labute approximate surface area is 106 Å². The molecule has 1 aliphatic rings. The van der Waals surface area contributed by atoms with E-state index in [1.165, 1.54) is 6.08 Å². The number of amides is 1. The second-order valence-corrected chi connectivity index (χ2v) is 5.04. The van der Waals surface area contributed by atoms with Gasteiger partial charge in [0.1, 0.15) is 5.01 Å². The summed E-state index contributed by atoms with van der Waals surface area (Å²) in [6, 6.07) is 0.344. The highest BCUT2D eigenvalue weighted by atomic mass is 32.1. The van der Waals surface area contributed by atoms with Crippen LogP contribution in [-0.4, -0.2) is 46.9 Å². The predicted octanol–water partition coefficient (Wildman–Crippen LogP) is 1.53. The van der Waals surface area contributed by atoms with Gasteiger partial charge in [0.05, 0.1) is 6.04 Å². The summed E-state index contributed by atoms with van der Waals surface area (Å²) in [7, 11) is 0. The molecule has 2 rings (SSSR count). The minimum absolute atomic E-state index is 0.0338. The van der Waals surface area contributed by atoms with Crippen molar-refractivity contribution >= 4 is 17.2 Å². The van der Waals surface area contributed by atoms with Crippen molar-refractivity contribution in [3.05, 3.63) is 29.2 Å². The lowest BCUT2D eigenvalue weighted by atomic mass is 10.2. The number of nitrogens with zero attached hydrogens (tertiary/aromatic N) is 3. The fourth-order valence-electron chi connectivity index (χ4n) is 2.06. The quantitative estimate of drug-likeness (QED) is 0.765. The molecule has 1 unspecified atom stereocenters. The summed E-state index contributed by atoms with van der Waals surface area (Å²) in [5.74, 6) is 0.0338. The van der Waals surface area contributed by atoms with E-state index in [0.717, 1.165) is 31.2 Å². The minimum Gasteiger partial charge on any atom is -0.337 e. The fourth-order valence-corrected chi connectivity index (χ4v) is 2.78. The molecule has 1 saturated heterocycles. The average molecular weight is 251 g/mol. The molecule has 2 heterocycles. The Hall–Kier alpha value is -1.20. The maximum absolute atomic E-state index is 11.5. The molecule has 0 aliphatic carbocycles. The van der Waals surface area contributed by atoms with Crippen molar-refractivity contribution in [2.75, 3.05) is 26.2 Å². The van der Waals surface area contributed by atoms with Crippen LogP contribution in [0.15, 0.2) is 24.2 Å².